The Labute approximate surface area is 232 Å². The number of rotatable bonds is 12. The minimum atomic E-state index is -4.10. The summed E-state index contributed by atoms with van der Waals surface area (Å²) in [5.74, 6) is -3.53. The number of hydrogen-bond donors (Lipinski definition) is 1. The minimum Gasteiger partial charge on any atom is -0.354 e. The van der Waals surface area contributed by atoms with Crippen LogP contribution >= 0.6 is 11.6 Å². The van der Waals surface area contributed by atoms with Gasteiger partial charge in [0.15, 0.2) is 11.6 Å². The van der Waals surface area contributed by atoms with Crippen LogP contribution in [0.1, 0.15) is 24.5 Å². The van der Waals surface area contributed by atoms with Gasteiger partial charge in [0.05, 0.1) is 11.9 Å². The van der Waals surface area contributed by atoms with Gasteiger partial charge in [-0.25, -0.2) is 17.2 Å². The number of benzene rings is 3. The largest absolute Gasteiger partial charge is 0.354 e. The Morgan fingerprint density at radius 3 is 2.26 bits per heavy atom. The van der Waals surface area contributed by atoms with E-state index in [4.69, 9.17) is 11.6 Å². The number of hydrogen-bond acceptors (Lipinski definition) is 4. The SMILES string of the molecule is CCCNC(=O)[C@@H](Cc1ccccc1)N(Cc1cccc(Cl)c1)C(=O)CN(c1ccc(F)c(F)c1)S(C)(=O)=O. The second-order valence-corrected chi connectivity index (χ2v) is 11.4. The Bertz CT molecular complexity index is 1410. The van der Waals surface area contributed by atoms with Crippen LogP contribution in [0.15, 0.2) is 72.8 Å². The van der Waals surface area contributed by atoms with Crippen LogP contribution in [0, 0.1) is 11.6 Å². The Morgan fingerprint density at radius 2 is 1.64 bits per heavy atom. The monoisotopic (exact) mass is 577 g/mol. The highest BCUT2D eigenvalue weighted by molar-refractivity contribution is 7.92. The predicted octanol–water partition coefficient (Wildman–Crippen LogP) is 4.55. The number of amides is 2. The van der Waals surface area contributed by atoms with Gasteiger partial charge in [-0.1, -0.05) is 61.0 Å². The maximum atomic E-state index is 14.0. The number of carbonyl (C=O) groups is 2. The molecule has 0 radical (unpaired) electrons. The van der Waals surface area contributed by atoms with E-state index < -0.39 is 46.1 Å². The van der Waals surface area contributed by atoms with Crippen LogP contribution in [0.4, 0.5) is 14.5 Å². The maximum Gasteiger partial charge on any atom is 0.244 e. The summed E-state index contributed by atoms with van der Waals surface area (Å²) in [4.78, 5) is 28.5. The topological polar surface area (TPSA) is 86.8 Å². The summed E-state index contributed by atoms with van der Waals surface area (Å²) in [6.45, 7) is 1.49. The molecule has 0 aliphatic heterocycles. The van der Waals surface area contributed by atoms with E-state index in [1.165, 1.54) is 4.90 Å². The smallest absolute Gasteiger partial charge is 0.244 e. The number of sulfonamides is 1. The van der Waals surface area contributed by atoms with Crippen LogP contribution in [-0.4, -0.2) is 50.5 Å². The van der Waals surface area contributed by atoms with E-state index in [-0.39, 0.29) is 18.7 Å². The van der Waals surface area contributed by atoms with Crippen molar-refractivity contribution in [3.8, 4) is 0 Å². The first-order valence-electron chi connectivity index (χ1n) is 12.3. The maximum absolute atomic E-state index is 14.0. The van der Waals surface area contributed by atoms with Crippen molar-refractivity contribution in [2.45, 2.75) is 32.4 Å². The van der Waals surface area contributed by atoms with Crippen LogP contribution in [0.5, 0.6) is 0 Å². The van der Waals surface area contributed by atoms with Crippen LogP contribution in [-0.2, 0) is 32.6 Å². The molecule has 2 amide bonds. The summed E-state index contributed by atoms with van der Waals surface area (Å²) in [6.07, 6.45) is 1.69. The quantitative estimate of drug-likeness (QED) is 0.342. The molecule has 1 N–H and O–H groups in total. The van der Waals surface area contributed by atoms with Gasteiger partial charge in [-0.2, -0.15) is 0 Å². The number of nitrogens with zero attached hydrogens (tertiary/aromatic N) is 2. The zero-order valence-electron chi connectivity index (χ0n) is 21.6. The van der Waals surface area contributed by atoms with Gasteiger partial charge < -0.3 is 10.2 Å². The van der Waals surface area contributed by atoms with Gasteiger partial charge >= 0.3 is 0 Å². The van der Waals surface area contributed by atoms with Gasteiger partial charge in [-0.05, 0) is 41.8 Å². The molecule has 0 unspecified atom stereocenters. The van der Waals surface area contributed by atoms with Gasteiger partial charge in [0.25, 0.3) is 0 Å². The molecule has 0 aromatic heterocycles. The molecule has 0 aliphatic rings. The zero-order chi connectivity index (χ0) is 28.6. The Morgan fingerprint density at radius 1 is 0.949 bits per heavy atom. The van der Waals surface area contributed by atoms with Gasteiger partial charge in [0, 0.05) is 30.6 Å². The molecule has 0 saturated carbocycles. The number of halogens is 3. The van der Waals surface area contributed by atoms with Crippen LogP contribution in [0.25, 0.3) is 0 Å². The van der Waals surface area contributed by atoms with Crippen LogP contribution in [0.3, 0.4) is 0 Å². The third-order valence-corrected chi connectivity index (χ3v) is 7.31. The second-order valence-electron chi connectivity index (χ2n) is 9.02. The van der Waals surface area contributed by atoms with Crippen molar-refractivity contribution in [1.82, 2.24) is 10.2 Å². The molecule has 3 aromatic rings. The molecule has 3 rings (SSSR count). The highest BCUT2D eigenvalue weighted by Crippen LogP contribution is 2.23. The molecule has 0 fully saturated rings. The lowest BCUT2D eigenvalue weighted by Crippen LogP contribution is -2.53. The lowest BCUT2D eigenvalue weighted by atomic mass is 10.0. The molecule has 0 spiro atoms. The average Bonchev–Trinajstić information content (AvgIpc) is 2.89. The van der Waals surface area contributed by atoms with Crippen molar-refractivity contribution < 1.29 is 26.8 Å². The van der Waals surface area contributed by atoms with E-state index in [2.05, 4.69) is 5.32 Å². The molecule has 3 aromatic carbocycles. The first-order chi connectivity index (χ1) is 18.5. The Kier molecular flexibility index (Phi) is 10.4. The van der Waals surface area contributed by atoms with E-state index >= 15 is 0 Å². The summed E-state index contributed by atoms with van der Waals surface area (Å²) in [7, 11) is -4.10. The fourth-order valence-corrected chi connectivity index (χ4v) is 5.06. The summed E-state index contributed by atoms with van der Waals surface area (Å²) in [6, 6.07) is 17.4. The van der Waals surface area contributed by atoms with E-state index in [9.17, 15) is 26.8 Å². The molecule has 0 heterocycles. The second kappa shape index (κ2) is 13.5. The molecular weight excluding hydrogens is 548 g/mol. The fraction of sp³-hybridized carbons (Fsp3) is 0.286. The molecule has 0 bridgehead atoms. The van der Waals surface area contributed by atoms with Crippen LogP contribution < -0.4 is 9.62 Å². The summed E-state index contributed by atoms with van der Waals surface area (Å²) >= 11 is 6.16. The normalized spacial score (nSPS) is 12.0. The van der Waals surface area contributed by atoms with E-state index in [0.717, 1.165) is 24.0 Å². The third kappa shape index (κ3) is 8.49. The van der Waals surface area contributed by atoms with Gasteiger partial charge in [0.1, 0.15) is 12.6 Å². The molecule has 39 heavy (non-hydrogen) atoms. The summed E-state index contributed by atoms with van der Waals surface area (Å²) < 4.78 is 53.6. The first kappa shape index (κ1) is 30.0. The molecule has 0 saturated heterocycles. The van der Waals surface area contributed by atoms with E-state index in [1.807, 2.05) is 37.3 Å². The summed E-state index contributed by atoms with van der Waals surface area (Å²) in [5, 5.41) is 3.26. The molecule has 208 valence electrons. The molecule has 11 heteroatoms. The average molecular weight is 578 g/mol. The van der Waals surface area contributed by atoms with Crippen molar-refractivity contribution in [2.24, 2.45) is 0 Å². The first-order valence-corrected chi connectivity index (χ1v) is 14.5. The lowest BCUT2D eigenvalue weighted by molar-refractivity contribution is -0.140. The Hall–Kier alpha value is -3.50. The fourth-order valence-electron chi connectivity index (χ4n) is 4.01. The lowest BCUT2D eigenvalue weighted by Gasteiger charge is -2.33. The molecule has 1 atom stereocenters. The van der Waals surface area contributed by atoms with Crippen LogP contribution in [0.2, 0.25) is 5.02 Å². The zero-order valence-corrected chi connectivity index (χ0v) is 23.2. The molecule has 7 nitrogen and oxygen atoms in total. The number of anilines is 1. The Balaban J connectivity index is 2.05. The standard InChI is InChI=1S/C28H30ClF2N3O4S/c1-3-14-32-28(36)26(16-20-8-5-4-6-9-20)33(18-21-10-7-11-22(29)15-21)27(35)19-34(39(2,37)38)23-12-13-24(30)25(31)17-23/h4-13,15,17,26H,3,14,16,18-19H2,1-2H3,(H,32,36)/t26-/m1/s1. The van der Waals surface area contributed by atoms with E-state index in [1.54, 1.807) is 24.3 Å². The van der Waals surface area contributed by atoms with Gasteiger partial charge in [0.2, 0.25) is 21.8 Å². The van der Waals surface area contributed by atoms with Crippen molar-refractivity contribution in [3.05, 3.63) is 101 Å². The van der Waals surface area contributed by atoms with Crippen molar-refractivity contribution in [3.63, 3.8) is 0 Å². The highest BCUT2D eigenvalue weighted by Gasteiger charge is 2.33. The van der Waals surface area contributed by atoms with Crippen molar-refractivity contribution >= 4 is 39.1 Å². The van der Waals surface area contributed by atoms with Gasteiger partial charge in [-0.3, -0.25) is 13.9 Å². The van der Waals surface area contributed by atoms with Gasteiger partial charge in [-0.15, -0.1) is 0 Å². The summed E-state index contributed by atoms with van der Waals surface area (Å²) in [5.41, 5.74) is 1.19. The number of carbonyl (C=O) groups excluding carboxylic acids is 2. The van der Waals surface area contributed by atoms with Crippen molar-refractivity contribution in [1.29, 1.82) is 0 Å². The predicted molar refractivity (Wildman–Crippen MR) is 148 cm³/mol. The molecular formula is C28H30ClF2N3O4S. The molecule has 0 aliphatic carbocycles. The third-order valence-electron chi connectivity index (χ3n) is 5.93. The van der Waals surface area contributed by atoms with E-state index in [0.29, 0.717) is 33.9 Å². The number of nitrogens with one attached hydrogen (secondary N) is 1. The van der Waals surface area contributed by atoms with Crippen molar-refractivity contribution in [2.75, 3.05) is 23.7 Å². The highest BCUT2D eigenvalue weighted by atomic mass is 35.5. The minimum absolute atomic E-state index is 0.0498.